The summed E-state index contributed by atoms with van der Waals surface area (Å²) in [5.41, 5.74) is 1.79. The summed E-state index contributed by atoms with van der Waals surface area (Å²) in [6, 6.07) is 0. The fraction of sp³-hybridized carbons (Fsp3) is 0.903. The topological polar surface area (TPSA) is 49.8 Å². The van der Waals surface area contributed by atoms with Gasteiger partial charge in [-0.15, -0.1) is 0 Å². The summed E-state index contributed by atoms with van der Waals surface area (Å²) >= 11 is 0. The number of amides is 1. The molecule has 0 aromatic heterocycles. The average molecular weight is 484 g/mol. The van der Waals surface area contributed by atoms with Crippen LogP contribution < -0.4 is 0 Å². The van der Waals surface area contributed by atoms with Crippen molar-refractivity contribution in [3.63, 3.8) is 0 Å². The molecule has 0 bridgehead atoms. The van der Waals surface area contributed by atoms with E-state index in [1.807, 2.05) is 0 Å². The van der Waals surface area contributed by atoms with Gasteiger partial charge in [0, 0.05) is 18.9 Å². The van der Waals surface area contributed by atoms with Crippen LogP contribution in [0.1, 0.15) is 105 Å². The van der Waals surface area contributed by atoms with Gasteiger partial charge < -0.3 is 14.7 Å². The molecule has 2 aliphatic heterocycles. The van der Waals surface area contributed by atoms with Crippen LogP contribution in [0.3, 0.4) is 0 Å². The lowest BCUT2D eigenvalue weighted by Crippen LogP contribution is -2.60. The summed E-state index contributed by atoms with van der Waals surface area (Å²) in [5, 5.41) is 10.3. The van der Waals surface area contributed by atoms with E-state index >= 15 is 0 Å². The van der Waals surface area contributed by atoms with Gasteiger partial charge in [-0.1, -0.05) is 46.3 Å². The number of hydrogen-bond acceptors (Lipinski definition) is 3. The normalized spacial score (nSPS) is 53.0. The molecule has 6 aliphatic rings. The lowest BCUT2D eigenvalue weighted by Gasteiger charge is -2.59. The number of ether oxygens (including phenoxy) is 1. The van der Waals surface area contributed by atoms with Gasteiger partial charge in [-0.3, -0.25) is 4.79 Å². The molecule has 2 saturated heterocycles. The lowest BCUT2D eigenvalue weighted by molar-refractivity contribution is -0.201. The fourth-order valence-electron chi connectivity index (χ4n) is 10.7. The van der Waals surface area contributed by atoms with Crippen molar-refractivity contribution >= 4 is 5.91 Å². The molecule has 1 N–H and O–H groups in total. The number of piperidine rings is 1. The molecule has 11 atom stereocenters. The predicted octanol–water partition coefficient (Wildman–Crippen LogP) is 6.33. The Morgan fingerprint density at radius 2 is 1.94 bits per heavy atom. The van der Waals surface area contributed by atoms with Gasteiger partial charge in [-0.05, 0) is 105 Å². The van der Waals surface area contributed by atoms with Gasteiger partial charge in [0.2, 0.25) is 5.91 Å². The molecular weight excluding hydrogens is 434 g/mol. The second-order valence-corrected chi connectivity index (χ2v) is 14.1. The zero-order chi connectivity index (χ0) is 24.8. The third-order valence-corrected chi connectivity index (χ3v) is 12.5. The molecule has 4 nitrogen and oxygen atoms in total. The van der Waals surface area contributed by atoms with Crippen molar-refractivity contribution < 1.29 is 14.6 Å². The highest BCUT2D eigenvalue weighted by molar-refractivity contribution is 5.77. The third kappa shape index (κ3) is 3.33. The van der Waals surface area contributed by atoms with Crippen molar-refractivity contribution in [3.8, 4) is 0 Å². The molecule has 1 amide bonds. The van der Waals surface area contributed by atoms with Gasteiger partial charge in [-0.25, -0.2) is 0 Å². The SMILES string of the molecule is CCCC(=O)N1C[C@H](C)CC[C@]12O[C@H]1C[C@@H]3[C@@H]4CC=C5C[C@@H](O)CC[C@]5(C)[C@@H]4CC[C@]3(C)[C@H]1[C@@H]2C. The van der Waals surface area contributed by atoms with Gasteiger partial charge in [0.05, 0.1) is 12.2 Å². The number of hydrogen-bond donors (Lipinski definition) is 1. The van der Waals surface area contributed by atoms with E-state index in [0.29, 0.717) is 41.6 Å². The molecule has 0 aromatic rings. The van der Waals surface area contributed by atoms with Gasteiger partial charge in [-0.2, -0.15) is 0 Å². The maximum Gasteiger partial charge on any atom is 0.224 e. The predicted molar refractivity (Wildman–Crippen MR) is 138 cm³/mol. The molecule has 0 radical (unpaired) electrons. The smallest absolute Gasteiger partial charge is 0.224 e. The van der Waals surface area contributed by atoms with Crippen LogP contribution in [0.4, 0.5) is 0 Å². The van der Waals surface area contributed by atoms with Crippen molar-refractivity contribution in [2.24, 2.45) is 46.3 Å². The number of carbonyl (C=O) groups excluding carboxylic acids is 1. The number of carbonyl (C=O) groups is 1. The first-order valence-corrected chi connectivity index (χ1v) is 15.0. The first-order valence-electron chi connectivity index (χ1n) is 15.0. The van der Waals surface area contributed by atoms with Gasteiger partial charge >= 0.3 is 0 Å². The van der Waals surface area contributed by atoms with Crippen LogP contribution in [0, 0.1) is 46.3 Å². The number of aliphatic hydroxyl groups is 1. The van der Waals surface area contributed by atoms with Crippen LogP contribution in [0.2, 0.25) is 0 Å². The highest BCUT2D eigenvalue weighted by Gasteiger charge is 2.69. The number of fused-ring (bicyclic) bond motifs is 7. The number of allylic oxidation sites excluding steroid dienone is 1. The maximum absolute atomic E-state index is 13.3. The molecule has 0 unspecified atom stereocenters. The van der Waals surface area contributed by atoms with E-state index in [4.69, 9.17) is 4.74 Å². The van der Waals surface area contributed by atoms with E-state index < -0.39 is 0 Å². The first kappa shape index (κ1) is 24.5. The van der Waals surface area contributed by atoms with E-state index in [0.717, 1.165) is 56.4 Å². The molecule has 5 fully saturated rings. The number of nitrogens with zero attached hydrogens (tertiary/aromatic N) is 1. The minimum atomic E-state index is -0.371. The molecule has 4 heteroatoms. The molecule has 2 heterocycles. The zero-order valence-electron chi connectivity index (χ0n) is 22.9. The maximum atomic E-state index is 13.3. The van der Waals surface area contributed by atoms with E-state index in [1.54, 1.807) is 5.57 Å². The Hall–Kier alpha value is -0.870. The Morgan fingerprint density at radius 1 is 1.14 bits per heavy atom. The molecule has 1 spiro atoms. The minimum Gasteiger partial charge on any atom is -0.393 e. The van der Waals surface area contributed by atoms with Gasteiger partial charge in [0.25, 0.3) is 0 Å². The molecule has 35 heavy (non-hydrogen) atoms. The minimum absolute atomic E-state index is 0.132. The molecule has 4 aliphatic carbocycles. The summed E-state index contributed by atoms with van der Waals surface area (Å²) in [6.45, 7) is 12.9. The van der Waals surface area contributed by atoms with E-state index in [2.05, 4.69) is 45.6 Å². The number of aliphatic hydroxyl groups excluding tert-OH is 1. The Kier molecular flexibility index (Phi) is 5.81. The van der Waals surface area contributed by atoms with Crippen LogP contribution in [0.5, 0.6) is 0 Å². The van der Waals surface area contributed by atoms with Gasteiger partial charge in [0.15, 0.2) is 0 Å². The Morgan fingerprint density at radius 3 is 2.71 bits per heavy atom. The number of likely N-dealkylation sites (tertiary alicyclic amines) is 1. The second-order valence-electron chi connectivity index (χ2n) is 14.1. The summed E-state index contributed by atoms with van der Waals surface area (Å²) < 4.78 is 7.19. The van der Waals surface area contributed by atoms with Crippen molar-refractivity contribution in [2.75, 3.05) is 6.54 Å². The molecular formula is C31H49NO3. The van der Waals surface area contributed by atoms with Crippen LogP contribution in [0.15, 0.2) is 11.6 Å². The summed E-state index contributed by atoms with van der Waals surface area (Å²) in [7, 11) is 0. The standard InChI is InChI=1S/C31H49NO3/c1-6-7-27(34)32-18-19(2)10-15-31(32)20(3)28-26(35-31)17-25-23-9-8-21-16-22(33)11-13-29(21,4)24(23)12-14-30(25,28)5/h8,19-20,22-26,28,33H,6-7,9-18H2,1-5H3/t19-,20+,22+,23-,24-,25-,26+,28+,29+,30+,31-/m1/s1. The Labute approximate surface area is 213 Å². The Bertz CT molecular complexity index is 900. The first-order chi connectivity index (χ1) is 16.6. The van der Waals surface area contributed by atoms with E-state index in [-0.39, 0.29) is 17.2 Å². The van der Waals surface area contributed by atoms with E-state index in [1.165, 1.54) is 32.1 Å². The monoisotopic (exact) mass is 483 g/mol. The summed E-state index contributed by atoms with van der Waals surface area (Å²) in [5.74, 6) is 4.07. The highest BCUT2D eigenvalue weighted by Crippen LogP contribution is 2.70. The third-order valence-electron chi connectivity index (χ3n) is 12.5. The largest absolute Gasteiger partial charge is 0.393 e. The van der Waals surface area contributed by atoms with Crippen molar-refractivity contribution in [2.45, 2.75) is 123 Å². The van der Waals surface area contributed by atoms with Crippen molar-refractivity contribution in [1.82, 2.24) is 4.90 Å². The van der Waals surface area contributed by atoms with Gasteiger partial charge in [0.1, 0.15) is 5.72 Å². The van der Waals surface area contributed by atoms with Crippen molar-refractivity contribution in [3.05, 3.63) is 11.6 Å². The summed E-state index contributed by atoms with van der Waals surface area (Å²) in [4.78, 5) is 15.5. The fourth-order valence-corrected chi connectivity index (χ4v) is 10.7. The second kappa shape index (κ2) is 8.32. The average Bonchev–Trinajstić information content (AvgIpc) is 3.27. The van der Waals surface area contributed by atoms with Crippen LogP contribution in [-0.2, 0) is 9.53 Å². The van der Waals surface area contributed by atoms with Crippen molar-refractivity contribution in [1.29, 1.82) is 0 Å². The lowest BCUT2D eigenvalue weighted by atomic mass is 9.47. The molecule has 3 saturated carbocycles. The zero-order valence-corrected chi connectivity index (χ0v) is 22.9. The molecule has 0 aromatic carbocycles. The molecule has 196 valence electrons. The Balaban J connectivity index is 1.29. The summed E-state index contributed by atoms with van der Waals surface area (Å²) in [6.07, 6.45) is 14.5. The van der Waals surface area contributed by atoms with Crippen LogP contribution in [-0.4, -0.2) is 40.4 Å². The number of rotatable bonds is 2. The quantitative estimate of drug-likeness (QED) is 0.467. The van der Waals surface area contributed by atoms with Crippen LogP contribution >= 0.6 is 0 Å². The van der Waals surface area contributed by atoms with E-state index in [9.17, 15) is 9.90 Å². The molecule has 6 rings (SSSR count). The highest BCUT2D eigenvalue weighted by atomic mass is 16.5. The van der Waals surface area contributed by atoms with Crippen LogP contribution in [0.25, 0.3) is 0 Å².